The van der Waals surface area contributed by atoms with E-state index in [1.54, 1.807) is 0 Å². The van der Waals surface area contributed by atoms with E-state index in [0.29, 0.717) is 0 Å². The molecule has 0 aliphatic rings. The molecule has 21 heavy (non-hydrogen) atoms. The second-order valence-corrected chi connectivity index (χ2v) is 5.30. The molecule has 0 aliphatic heterocycles. The van der Waals surface area contributed by atoms with Gasteiger partial charge in [0.05, 0.1) is 0 Å². The molecule has 0 radical (unpaired) electrons. The first kappa shape index (κ1) is 13.4. The highest BCUT2D eigenvalue weighted by molar-refractivity contribution is 6.13. The van der Waals surface area contributed by atoms with Crippen LogP contribution in [0.1, 0.15) is 15.9 Å². The van der Waals surface area contributed by atoms with Crippen LogP contribution in [-0.4, -0.2) is 19.9 Å². The minimum absolute atomic E-state index is 0.0602. The van der Waals surface area contributed by atoms with Crippen LogP contribution in [0.25, 0.3) is 10.8 Å². The van der Waals surface area contributed by atoms with Crippen molar-refractivity contribution in [3.63, 3.8) is 0 Å². The quantitative estimate of drug-likeness (QED) is 0.670. The van der Waals surface area contributed by atoms with E-state index in [-0.39, 0.29) is 5.78 Å². The Morgan fingerprint density at radius 1 is 0.810 bits per heavy atom. The van der Waals surface area contributed by atoms with Crippen LogP contribution in [0.15, 0.2) is 66.7 Å². The molecule has 0 aliphatic carbocycles. The molecule has 0 fully saturated rings. The van der Waals surface area contributed by atoms with E-state index in [2.05, 4.69) is 6.07 Å². The summed E-state index contributed by atoms with van der Waals surface area (Å²) in [5, 5.41) is 2.24. The van der Waals surface area contributed by atoms with Gasteiger partial charge in [0.15, 0.2) is 5.78 Å². The number of benzene rings is 3. The van der Waals surface area contributed by atoms with Crippen molar-refractivity contribution in [2.24, 2.45) is 0 Å². The summed E-state index contributed by atoms with van der Waals surface area (Å²) in [7, 11) is 3.90. The Morgan fingerprint density at radius 2 is 1.48 bits per heavy atom. The van der Waals surface area contributed by atoms with Crippen LogP contribution < -0.4 is 4.90 Å². The second kappa shape index (κ2) is 5.41. The molecule has 0 saturated carbocycles. The Hall–Kier alpha value is -2.61. The summed E-state index contributed by atoms with van der Waals surface area (Å²) in [4.78, 5) is 14.8. The largest absolute Gasteiger partial charge is 0.377 e. The molecule has 0 spiro atoms. The molecule has 0 bridgehead atoms. The lowest BCUT2D eigenvalue weighted by Gasteiger charge is -2.16. The molecule has 0 aromatic heterocycles. The maximum atomic E-state index is 12.8. The normalized spacial score (nSPS) is 10.6. The lowest BCUT2D eigenvalue weighted by atomic mass is 9.98. The van der Waals surface area contributed by atoms with E-state index >= 15 is 0 Å². The van der Waals surface area contributed by atoms with E-state index < -0.39 is 0 Å². The van der Waals surface area contributed by atoms with Crippen molar-refractivity contribution in [1.82, 2.24) is 0 Å². The fourth-order valence-corrected chi connectivity index (χ4v) is 2.54. The van der Waals surface area contributed by atoms with E-state index in [9.17, 15) is 4.79 Å². The number of fused-ring (bicyclic) bond motifs is 1. The Bertz CT molecular complexity index is 805. The number of nitrogens with zero attached hydrogens (tertiary/aromatic N) is 1. The van der Waals surface area contributed by atoms with Crippen LogP contribution in [0.3, 0.4) is 0 Å². The molecule has 3 aromatic carbocycles. The molecule has 0 amide bonds. The van der Waals surface area contributed by atoms with Gasteiger partial charge in [0.25, 0.3) is 0 Å². The topological polar surface area (TPSA) is 20.3 Å². The summed E-state index contributed by atoms with van der Waals surface area (Å²) in [6.45, 7) is 0. The maximum absolute atomic E-state index is 12.8. The SMILES string of the molecule is CN(C)c1ccccc1C(=O)c1ccc2ccccc2c1. The number of ketones is 1. The van der Waals surface area contributed by atoms with Gasteiger partial charge in [-0.15, -0.1) is 0 Å². The summed E-state index contributed by atoms with van der Waals surface area (Å²) in [5.41, 5.74) is 2.40. The molecular formula is C19H17NO. The molecule has 0 heterocycles. The number of para-hydroxylation sites is 1. The second-order valence-electron chi connectivity index (χ2n) is 5.30. The number of hydrogen-bond donors (Lipinski definition) is 0. The van der Waals surface area contributed by atoms with Crippen molar-refractivity contribution in [1.29, 1.82) is 0 Å². The third-order valence-electron chi connectivity index (χ3n) is 3.64. The lowest BCUT2D eigenvalue weighted by molar-refractivity contribution is 0.103. The van der Waals surface area contributed by atoms with Gasteiger partial charge in [0.2, 0.25) is 0 Å². The van der Waals surface area contributed by atoms with Crippen LogP contribution in [0.4, 0.5) is 5.69 Å². The third kappa shape index (κ3) is 2.52. The highest BCUT2D eigenvalue weighted by Crippen LogP contribution is 2.23. The van der Waals surface area contributed by atoms with E-state index in [1.807, 2.05) is 79.7 Å². The zero-order chi connectivity index (χ0) is 14.8. The van der Waals surface area contributed by atoms with Crippen molar-refractivity contribution >= 4 is 22.2 Å². The molecule has 3 rings (SSSR count). The smallest absolute Gasteiger partial charge is 0.195 e. The van der Waals surface area contributed by atoms with E-state index in [0.717, 1.165) is 27.6 Å². The Kier molecular flexibility index (Phi) is 3.44. The Balaban J connectivity index is 2.08. The summed E-state index contributed by atoms with van der Waals surface area (Å²) in [5.74, 6) is 0.0602. The average molecular weight is 275 g/mol. The fraction of sp³-hybridized carbons (Fsp3) is 0.105. The Labute approximate surface area is 124 Å². The zero-order valence-electron chi connectivity index (χ0n) is 12.2. The van der Waals surface area contributed by atoms with Gasteiger partial charge in [0.1, 0.15) is 0 Å². The summed E-state index contributed by atoms with van der Waals surface area (Å²) in [6, 6.07) is 21.6. The predicted octanol–water partition coefficient (Wildman–Crippen LogP) is 4.14. The number of rotatable bonds is 3. The first-order valence-electron chi connectivity index (χ1n) is 6.96. The van der Waals surface area contributed by atoms with Crippen LogP contribution in [-0.2, 0) is 0 Å². The van der Waals surface area contributed by atoms with Crippen molar-refractivity contribution in [3.8, 4) is 0 Å². The monoisotopic (exact) mass is 275 g/mol. The van der Waals surface area contributed by atoms with Gasteiger partial charge in [0, 0.05) is 30.9 Å². The van der Waals surface area contributed by atoms with Gasteiger partial charge < -0.3 is 4.90 Å². The van der Waals surface area contributed by atoms with Crippen molar-refractivity contribution in [2.45, 2.75) is 0 Å². The molecule has 0 unspecified atom stereocenters. The summed E-state index contributed by atoms with van der Waals surface area (Å²) >= 11 is 0. The van der Waals surface area contributed by atoms with Crippen molar-refractivity contribution in [3.05, 3.63) is 77.9 Å². The molecule has 0 saturated heterocycles. The number of anilines is 1. The molecule has 2 nitrogen and oxygen atoms in total. The first-order chi connectivity index (χ1) is 10.2. The fourth-order valence-electron chi connectivity index (χ4n) is 2.54. The lowest BCUT2D eigenvalue weighted by Crippen LogP contribution is -2.14. The van der Waals surface area contributed by atoms with Crippen LogP contribution in [0.5, 0.6) is 0 Å². The summed E-state index contributed by atoms with van der Waals surface area (Å²) in [6.07, 6.45) is 0. The maximum Gasteiger partial charge on any atom is 0.195 e. The van der Waals surface area contributed by atoms with Gasteiger partial charge in [-0.3, -0.25) is 4.79 Å². The molecule has 0 atom stereocenters. The van der Waals surface area contributed by atoms with Gasteiger partial charge in [-0.1, -0.05) is 48.5 Å². The molecule has 2 heteroatoms. The predicted molar refractivity (Wildman–Crippen MR) is 88.1 cm³/mol. The number of carbonyl (C=O) groups excluding carboxylic acids is 1. The first-order valence-corrected chi connectivity index (χ1v) is 6.96. The highest BCUT2D eigenvalue weighted by atomic mass is 16.1. The third-order valence-corrected chi connectivity index (χ3v) is 3.64. The minimum atomic E-state index is 0.0602. The molecule has 3 aromatic rings. The number of carbonyl (C=O) groups is 1. The summed E-state index contributed by atoms with van der Waals surface area (Å²) < 4.78 is 0. The van der Waals surface area contributed by atoms with Gasteiger partial charge in [-0.05, 0) is 29.0 Å². The molecule has 104 valence electrons. The van der Waals surface area contributed by atoms with Gasteiger partial charge >= 0.3 is 0 Å². The van der Waals surface area contributed by atoms with Crippen LogP contribution >= 0.6 is 0 Å². The molecular weight excluding hydrogens is 258 g/mol. The van der Waals surface area contributed by atoms with Gasteiger partial charge in [-0.2, -0.15) is 0 Å². The Morgan fingerprint density at radius 3 is 2.24 bits per heavy atom. The van der Waals surface area contributed by atoms with Gasteiger partial charge in [-0.25, -0.2) is 0 Å². The molecule has 0 N–H and O–H groups in total. The van der Waals surface area contributed by atoms with E-state index in [4.69, 9.17) is 0 Å². The van der Waals surface area contributed by atoms with Crippen molar-refractivity contribution in [2.75, 3.05) is 19.0 Å². The van der Waals surface area contributed by atoms with Crippen LogP contribution in [0, 0.1) is 0 Å². The number of hydrogen-bond acceptors (Lipinski definition) is 2. The zero-order valence-corrected chi connectivity index (χ0v) is 12.2. The minimum Gasteiger partial charge on any atom is -0.377 e. The van der Waals surface area contributed by atoms with Crippen LogP contribution in [0.2, 0.25) is 0 Å². The van der Waals surface area contributed by atoms with E-state index in [1.165, 1.54) is 0 Å². The van der Waals surface area contributed by atoms with Crippen molar-refractivity contribution < 1.29 is 4.79 Å². The standard InChI is InChI=1S/C19H17NO/c1-20(2)18-10-6-5-9-17(18)19(21)16-12-11-14-7-3-4-8-15(14)13-16/h3-13H,1-2H3. The average Bonchev–Trinajstić information content (AvgIpc) is 2.53. The highest BCUT2D eigenvalue weighted by Gasteiger charge is 2.14.